The fourth-order valence-corrected chi connectivity index (χ4v) is 4.40. The molecule has 32 heavy (non-hydrogen) atoms. The van der Waals surface area contributed by atoms with Crippen molar-refractivity contribution in [2.75, 3.05) is 10.6 Å². The zero-order valence-electron chi connectivity index (χ0n) is 17.4. The molecule has 2 atom stereocenters. The monoisotopic (exact) mass is 446 g/mol. The van der Waals surface area contributed by atoms with E-state index in [1.807, 2.05) is 49.4 Å². The summed E-state index contributed by atoms with van der Waals surface area (Å²) in [5, 5.41) is 4.98. The number of amides is 2. The Morgan fingerprint density at radius 1 is 1.00 bits per heavy atom. The number of anilines is 2. The minimum Gasteiger partial charge on any atom is -0.447 e. The van der Waals surface area contributed by atoms with Crippen molar-refractivity contribution in [2.45, 2.75) is 29.6 Å². The number of para-hydroxylation sites is 1. The molecule has 0 saturated heterocycles. The van der Waals surface area contributed by atoms with E-state index >= 15 is 0 Å². The molecule has 1 aliphatic heterocycles. The molecule has 7 heteroatoms. The van der Waals surface area contributed by atoms with E-state index in [-0.39, 0.29) is 12.3 Å². The first-order chi connectivity index (χ1) is 15.5. The number of nitrogens with one attached hydrogen (secondary N) is 2. The zero-order chi connectivity index (χ0) is 22.5. The van der Waals surface area contributed by atoms with Gasteiger partial charge >= 0.3 is 5.97 Å². The molecule has 0 spiro atoms. The number of hydrogen-bond acceptors (Lipinski definition) is 5. The Balaban J connectivity index is 1.47. The van der Waals surface area contributed by atoms with Crippen LogP contribution in [0.2, 0.25) is 0 Å². The summed E-state index contributed by atoms with van der Waals surface area (Å²) in [6, 6.07) is 23.6. The van der Waals surface area contributed by atoms with Gasteiger partial charge in [0.2, 0.25) is 12.0 Å². The van der Waals surface area contributed by atoms with E-state index in [0.29, 0.717) is 11.3 Å². The van der Waals surface area contributed by atoms with Gasteiger partial charge in [-0.15, -0.1) is 11.8 Å². The van der Waals surface area contributed by atoms with Crippen molar-refractivity contribution in [3.63, 3.8) is 0 Å². The average Bonchev–Trinajstić information content (AvgIpc) is 2.80. The van der Waals surface area contributed by atoms with Gasteiger partial charge in [-0.2, -0.15) is 0 Å². The smallest absolute Gasteiger partial charge is 0.308 e. The Morgan fingerprint density at radius 3 is 2.44 bits per heavy atom. The zero-order valence-corrected chi connectivity index (χ0v) is 18.2. The van der Waals surface area contributed by atoms with E-state index in [4.69, 9.17) is 4.74 Å². The van der Waals surface area contributed by atoms with Crippen LogP contribution in [0, 0.1) is 6.92 Å². The van der Waals surface area contributed by atoms with Crippen molar-refractivity contribution in [1.82, 2.24) is 0 Å². The van der Waals surface area contributed by atoms with Gasteiger partial charge in [-0.05, 0) is 31.2 Å². The van der Waals surface area contributed by atoms with Gasteiger partial charge in [-0.25, -0.2) is 0 Å². The lowest BCUT2D eigenvalue weighted by molar-refractivity contribution is -0.155. The number of carbonyl (C=O) groups is 3. The van der Waals surface area contributed by atoms with E-state index in [0.717, 1.165) is 16.1 Å². The first-order valence-electron chi connectivity index (χ1n) is 10.2. The number of fused-ring (bicyclic) bond motifs is 1. The highest BCUT2D eigenvalue weighted by Crippen LogP contribution is 2.37. The molecule has 0 fully saturated rings. The number of carbonyl (C=O) groups excluding carboxylic acids is 3. The maximum Gasteiger partial charge on any atom is 0.308 e. The molecule has 3 aromatic carbocycles. The van der Waals surface area contributed by atoms with Crippen molar-refractivity contribution in [3.8, 4) is 0 Å². The number of thioether (sulfide) groups is 1. The van der Waals surface area contributed by atoms with Crippen molar-refractivity contribution >= 4 is 40.9 Å². The van der Waals surface area contributed by atoms with Crippen molar-refractivity contribution in [3.05, 3.63) is 90.0 Å². The Labute approximate surface area is 190 Å². The molecule has 0 radical (unpaired) electrons. The highest BCUT2D eigenvalue weighted by atomic mass is 32.2. The molecular weight excluding hydrogens is 424 g/mol. The van der Waals surface area contributed by atoms with Gasteiger partial charge in [0.25, 0.3) is 5.91 Å². The summed E-state index contributed by atoms with van der Waals surface area (Å²) in [6.07, 6.45) is -1.28. The molecule has 6 nitrogen and oxygen atoms in total. The van der Waals surface area contributed by atoms with Gasteiger partial charge < -0.3 is 15.4 Å². The first kappa shape index (κ1) is 21.6. The lowest BCUT2D eigenvalue weighted by atomic mass is 10.1. The third-order valence-corrected chi connectivity index (χ3v) is 6.24. The topological polar surface area (TPSA) is 84.5 Å². The molecule has 1 heterocycles. The van der Waals surface area contributed by atoms with Crippen LogP contribution in [0.4, 0.5) is 11.4 Å². The number of benzene rings is 3. The normalized spacial score (nSPS) is 15.8. The second-order valence-electron chi connectivity index (χ2n) is 7.43. The van der Waals surface area contributed by atoms with Gasteiger partial charge in [-0.3, -0.25) is 14.4 Å². The van der Waals surface area contributed by atoms with Gasteiger partial charge in [0.15, 0.2) is 0 Å². The maximum absolute atomic E-state index is 13.0. The predicted octanol–water partition coefficient (Wildman–Crippen LogP) is 4.72. The van der Waals surface area contributed by atoms with E-state index in [2.05, 4.69) is 10.6 Å². The maximum atomic E-state index is 13.0. The fraction of sp³-hybridized carbons (Fsp3) is 0.160. The summed E-state index contributed by atoms with van der Waals surface area (Å²) in [7, 11) is 0. The van der Waals surface area contributed by atoms with Crippen molar-refractivity contribution < 1.29 is 19.1 Å². The number of hydrogen-bond donors (Lipinski definition) is 2. The Kier molecular flexibility index (Phi) is 6.56. The summed E-state index contributed by atoms with van der Waals surface area (Å²) in [5.74, 6) is -1.34. The Morgan fingerprint density at radius 2 is 1.69 bits per heavy atom. The molecule has 0 aliphatic carbocycles. The molecule has 0 saturated carbocycles. The number of esters is 1. The SMILES string of the molecule is Cc1ccc(NC(=O)[C@H](OC(=O)C[C@@H]2Sc3ccccc3NC2=O)c2ccccc2)cc1. The molecular formula is C25H22N2O4S. The van der Waals surface area contributed by atoms with Gasteiger partial charge in [0.1, 0.15) is 0 Å². The largest absolute Gasteiger partial charge is 0.447 e. The standard InChI is InChI=1S/C25H22N2O4S/c1-16-11-13-18(14-12-16)26-25(30)23(17-7-3-2-4-8-17)31-22(28)15-21-24(29)27-19-9-5-6-10-20(19)32-21/h2-14,21,23H,15H2,1H3,(H,26,30)(H,27,29)/t21-,23+/m0/s1. The third-order valence-electron chi connectivity index (χ3n) is 4.97. The van der Waals surface area contributed by atoms with Crippen LogP contribution < -0.4 is 10.6 Å². The Bertz CT molecular complexity index is 1130. The summed E-state index contributed by atoms with van der Waals surface area (Å²) < 4.78 is 5.59. The average molecular weight is 447 g/mol. The lowest BCUT2D eigenvalue weighted by Gasteiger charge is -2.24. The molecule has 2 amide bonds. The van der Waals surface area contributed by atoms with Crippen LogP contribution in [-0.2, 0) is 19.1 Å². The number of rotatable bonds is 6. The summed E-state index contributed by atoms with van der Waals surface area (Å²) in [4.78, 5) is 39.1. The van der Waals surface area contributed by atoms with Gasteiger partial charge in [0, 0.05) is 16.1 Å². The predicted molar refractivity (Wildman–Crippen MR) is 124 cm³/mol. The van der Waals surface area contributed by atoms with E-state index < -0.39 is 23.2 Å². The quantitative estimate of drug-likeness (QED) is 0.535. The van der Waals surface area contributed by atoms with Crippen LogP contribution in [0.5, 0.6) is 0 Å². The van der Waals surface area contributed by atoms with Crippen LogP contribution in [0.15, 0.2) is 83.8 Å². The van der Waals surface area contributed by atoms with Crippen molar-refractivity contribution in [2.24, 2.45) is 0 Å². The minimum atomic E-state index is -1.13. The summed E-state index contributed by atoms with van der Waals surface area (Å²) >= 11 is 1.32. The van der Waals surface area contributed by atoms with Gasteiger partial charge in [-0.1, -0.05) is 60.2 Å². The van der Waals surface area contributed by atoms with Crippen LogP contribution >= 0.6 is 11.8 Å². The lowest BCUT2D eigenvalue weighted by Crippen LogP contribution is -2.33. The van der Waals surface area contributed by atoms with Crippen LogP contribution in [0.3, 0.4) is 0 Å². The highest BCUT2D eigenvalue weighted by molar-refractivity contribution is 8.01. The molecule has 4 rings (SSSR count). The molecule has 162 valence electrons. The Hall–Kier alpha value is -3.58. The molecule has 0 unspecified atom stereocenters. The second-order valence-corrected chi connectivity index (χ2v) is 8.68. The molecule has 0 aromatic heterocycles. The van der Waals surface area contributed by atoms with Crippen LogP contribution in [0.1, 0.15) is 23.7 Å². The van der Waals surface area contributed by atoms with E-state index in [1.165, 1.54) is 11.8 Å². The molecule has 2 N–H and O–H groups in total. The van der Waals surface area contributed by atoms with E-state index in [9.17, 15) is 14.4 Å². The summed E-state index contributed by atoms with van der Waals surface area (Å²) in [6.45, 7) is 1.96. The van der Waals surface area contributed by atoms with E-state index in [1.54, 1.807) is 36.4 Å². The number of aryl methyl sites for hydroxylation is 1. The van der Waals surface area contributed by atoms with Crippen LogP contribution in [-0.4, -0.2) is 23.0 Å². The van der Waals surface area contributed by atoms with Crippen LogP contribution in [0.25, 0.3) is 0 Å². The summed E-state index contributed by atoms with van der Waals surface area (Å²) in [5.41, 5.74) is 2.96. The van der Waals surface area contributed by atoms with Crippen molar-refractivity contribution in [1.29, 1.82) is 0 Å². The number of ether oxygens (including phenoxy) is 1. The molecule has 1 aliphatic rings. The third kappa shape index (κ3) is 5.18. The molecule has 3 aromatic rings. The fourth-order valence-electron chi connectivity index (χ4n) is 3.30. The second kappa shape index (κ2) is 9.70. The first-order valence-corrected chi connectivity index (χ1v) is 11.1. The molecule has 0 bridgehead atoms. The highest BCUT2D eigenvalue weighted by Gasteiger charge is 2.32. The minimum absolute atomic E-state index is 0.147. The van der Waals surface area contributed by atoms with Gasteiger partial charge in [0.05, 0.1) is 17.4 Å².